The van der Waals surface area contributed by atoms with Gasteiger partial charge in [0.1, 0.15) is 23.2 Å². The van der Waals surface area contributed by atoms with Gasteiger partial charge in [0.15, 0.2) is 0 Å². The molecule has 1 heteroatoms. The molecule has 0 saturated carbocycles. The topological polar surface area (TPSA) is 0 Å². The van der Waals surface area contributed by atoms with Crippen LogP contribution in [0.25, 0.3) is 0 Å². The van der Waals surface area contributed by atoms with Crippen LogP contribution < -0.4 is 15.9 Å². The molecule has 0 nitrogen and oxygen atoms in total. The molecule has 224 valence electrons. The van der Waals surface area contributed by atoms with E-state index in [0.29, 0.717) is 0 Å². The number of unbranched alkanes of at least 4 members (excludes halogenated alkanes) is 3. The summed E-state index contributed by atoms with van der Waals surface area (Å²) in [4.78, 5) is 0. The first-order valence-electron chi connectivity index (χ1n) is 17.2. The van der Waals surface area contributed by atoms with Crippen molar-refractivity contribution < 1.29 is 0 Å². The number of aryl methyl sites for hydroxylation is 2. The summed E-state index contributed by atoms with van der Waals surface area (Å²) in [5.41, 5.74) is 10.0. The van der Waals surface area contributed by atoms with Crippen molar-refractivity contribution in [2.24, 2.45) is 0 Å². The highest BCUT2D eigenvalue weighted by atomic mass is 31.2. The van der Waals surface area contributed by atoms with E-state index >= 15 is 0 Å². The second-order valence-electron chi connectivity index (χ2n) is 12.3. The lowest BCUT2D eigenvalue weighted by atomic mass is 9.91. The molecule has 0 spiro atoms. The standard InChI is InChI=1S/C40H60P/c1-8-14-23-33-29-31-40(38(27-16-10-3)36(33)26-15-9-2)41(7,34-24-18-17-19-25-34)39-30-28-32(20-11-4)35(21-12-5)37(39)22-13-6/h17-19,24-25,28-31H,8-16,20-23,26-27H2,1-7H3/q+1. The third-order valence-electron chi connectivity index (χ3n) is 9.12. The number of hydrogen-bond acceptors (Lipinski definition) is 0. The summed E-state index contributed by atoms with van der Waals surface area (Å²) < 4.78 is 0. The highest BCUT2D eigenvalue weighted by Gasteiger charge is 2.44. The van der Waals surface area contributed by atoms with E-state index in [9.17, 15) is 0 Å². The van der Waals surface area contributed by atoms with Crippen molar-refractivity contribution in [1.82, 2.24) is 0 Å². The van der Waals surface area contributed by atoms with Gasteiger partial charge in [-0.15, -0.1) is 0 Å². The minimum Gasteiger partial charge on any atom is -0.0654 e. The molecule has 0 radical (unpaired) electrons. The Bertz CT molecular complexity index is 1190. The Labute approximate surface area is 255 Å². The lowest BCUT2D eigenvalue weighted by Gasteiger charge is -2.31. The molecule has 0 saturated heterocycles. The van der Waals surface area contributed by atoms with Crippen LogP contribution in [0.5, 0.6) is 0 Å². The van der Waals surface area contributed by atoms with Gasteiger partial charge in [0.05, 0.1) is 6.66 Å². The lowest BCUT2D eigenvalue weighted by molar-refractivity contribution is 0.737. The lowest BCUT2D eigenvalue weighted by Crippen LogP contribution is -2.36. The minimum atomic E-state index is -1.87. The van der Waals surface area contributed by atoms with Gasteiger partial charge in [-0.3, -0.25) is 0 Å². The fourth-order valence-corrected chi connectivity index (χ4v) is 10.8. The largest absolute Gasteiger partial charge is 0.109 e. The van der Waals surface area contributed by atoms with E-state index in [2.05, 4.69) is 103 Å². The highest BCUT2D eigenvalue weighted by Crippen LogP contribution is 2.54. The van der Waals surface area contributed by atoms with Crippen LogP contribution in [0, 0.1) is 0 Å². The Kier molecular flexibility index (Phi) is 14.1. The fraction of sp³-hybridized carbons (Fsp3) is 0.550. The molecule has 3 aromatic rings. The third kappa shape index (κ3) is 7.93. The van der Waals surface area contributed by atoms with Crippen LogP contribution in [0.15, 0.2) is 54.6 Å². The van der Waals surface area contributed by atoms with Crippen molar-refractivity contribution in [3.63, 3.8) is 0 Å². The molecule has 0 aliphatic heterocycles. The minimum absolute atomic E-state index is 1.19. The van der Waals surface area contributed by atoms with E-state index in [0.717, 1.165) is 0 Å². The monoisotopic (exact) mass is 571 g/mol. The normalized spacial score (nSPS) is 13.0. The Morgan fingerprint density at radius 1 is 0.415 bits per heavy atom. The zero-order valence-electron chi connectivity index (χ0n) is 27.7. The van der Waals surface area contributed by atoms with Crippen molar-refractivity contribution >= 4 is 23.2 Å². The predicted molar refractivity (Wildman–Crippen MR) is 189 cm³/mol. The molecule has 1 atom stereocenters. The van der Waals surface area contributed by atoms with E-state index < -0.39 is 7.26 Å². The van der Waals surface area contributed by atoms with Gasteiger partial charge >= 0.3 is 0 Å². The Balaban J connectivity index is 2.44. The maximum Gasteiger partial charge on any atom is 0.109 e. The van der Waals surface area contributed by atoms with Crippen molar-refractivity contribution in [1.29, 1.82) is 0 Å². The zero-order valence-corrected chi connectivity index (χ0v) is 28.6. The molecule has 0 fully saturated rings. The van der Waals surface area contributed by atoms with Crippen LogP contribution in [-0.4, -0.2) is 6.66 Å². The smallest absolute Gasteiger partial charge is 0.0654 e. The molecular formula is C40H60P+. The quantitative estimate of drug-likeness (QED) is 0.133. The van der Waals surface area contributed by atoms with Gasteiger partial charge in [0.25, 0.3) is 0 Å². The van der Waals surface area contributed by atoms with E-state index in [-0.39, 0.29) is 0 Å². The van der Waals surface area contributed by atoms with E-state index in [1.807, 2.05) is 0 Å². The molecule has 3 aromatic carbocycles. The van der Waals surface area contributed by atoms with Gasteiger partial charge in [-0.05, 0) is 115 Å². The first kappa shape index (κ1) is 33.6. The number of hydrogen-bond donors (Lipinski definition) is 0. The van der Waals surface area contributed by atoms with Gasteiger partial charge in [-0.1, -0.05) is 110 Å². The summed E-state index contributed by atoms with van der Waals surface area (Å²) in [5.74, 6) is 0. The van der Waals surface area contributed by atoms with Gasteiger partial charge < -0.3 is 0 Å². The summed E-state index contributed by atoms with van der Waals surface area (Å²) in [6.07, 6.45) is 18.5. The molecular weight excluding hydrogens is 511 g/mol. The maximum atomic E-state index is 2.67. The van der Waals surface area contributed by atoms with Crippen molar-refractivity contribution in [2.45, 2.75) is 138 Å². The van der Waals surface area contributed by atoms with E-state index in [4.69, 9.17) is 0 Å². The first-order valence-corrected chi connectivity index (χ1v) is 19.5. The van der Waals surface area contributed by atoms with Crippen LogP contribution in [0.1, 0.15) is 133 Å². The number of benzene rings is 3. The molecule has 0 aliphatic carbocycles. The average Bonchev–Trinajstić information content (AvgIpc) is 3.00. The zero-order chi connectivity index (χ0) is 29.7. The molecule has 0 heterocycles. The fourth-order valence-electron chi connectivity index (χ4n) is 6.92. The van der Waals surface area contributed by atoms with Gasteiger partial charge in [0, 0.05) is 0 Å². The molecule has 1 unspecified atom stereocenters. The van der Waals surface area contributed by atoms with Gasteiger partial charge in [-0.25, -0.2) is 0 Å². The molecule has 0 aliphatic rings. The second kappa shape index (κ2) is 17.3. The summed E-state index contributed by atoms with van der Waals surface area (Å²) in [6.45, 7) is 16.8. The van der Waals surface area contributed by atoms with Crippen LogP contribution in [0.4, 0.5) is 0 Å². The first-order chi connectivity index (χ1) is 20.0. The summed E-state index contributed by atoms with van der Waals surface area (Å²) >= 11 is 0. The Morgan fingerprint density at radius 3 is 1.39 bits per heavy atom. The van der Waals surface area contributed by atoms with Gasteiger partial charge in [-0.2, -0.15) is 0 Å². The molecule has 0 bridgehead atoms. The summed E-state index contributed by atoms with van der Waals surface area (Å²) in [6, 6.07) is 22.0. The summed E-state index contributed by atoms with van der Waals surface area (Å²) in [5, 5.41) is 4.88. The SMILES string of the molecule is CCCCc1ccc([P+](C)(c2ccccc2)c2ccc(CCC)c(CCC)c2CCC)c(CCCC)c1CCCC. The Hall–Kier alpha value is -1.91. The van der Waals surface area contributed by atoms with Crippen LogP contribution in [0.2, 0.25) is 0 Å². The Morgan fingerprint density at radius 2 is 0.854 bits per heavy atom. The molecule has 0 aromatic heterocycles. The van der Waals surface area contributed by atoms with E-state index in [1.165, 1.54) is 96.3 Å². The van der Waals surface area contributed by atoms with Crippen LogP contribution in [0.3, 0.4) is 0 Å². The van der Waals surface area contributed by atoms with Crippen molar-refractivity contribution in [3.8, 4) is 0 Å². The van der Waals surface area contributed by atoms with Crippen LogP contribution >= 0.6 is 7.26 Å². The summed E-state index contributed by atoms with van der Waals surface area (Å²) in [7, 11) is -1.87. The second-order valence-corrected chi connectivity index (χ2v) is 15.8. The van der Waals surface area contributed by atoms with Crippen molar-refractivity contribution in [2.75, 3.05) is 6.66 Å². The predicted octanol–water partition coefficient (Wildman–Crippen LogP) is 10.5. The average molecular weight is 572 g/mol. The number of rotatable bonds is 18. The molecule has 0 N–H and O–H groups in total. The maximum absolute atomic E-state index is 2.67. The van der Waals surface area contributed by atoms with Crippen molar-refractivity contribution in [3.05, 3.63) is 88.0 Å². The molecule has 0 amide bonds. The van der Waals surface area contributed by atoms with Crippen LogP contribution in [-0.2, 0) is 38.5 Å². The third-order valence-corrected chi connectivity index (χ3v) is 13.2. The van der Waals surface area contributed by atoms with Gasteiger partial charge in [0.2, 0.25) is 0 Å². The van der Waals surface area contributed by atoms with E-state index in [1.54, 1.807) is 49.3 Å². The molecule has 3 rings (SSSR count). The molecule has 41 heavy (non-hydrogen) atoms. The highest BCUT2D eigenvalue weighted by molar-refractivity contribution is 7.95.